The predicted octanol–water partition coefficient (Wildman–Crippen LogP) is 4.48. The number of hydrogen-bond acceptors (Lipinski definition) is 5. The van der Waals surface area contributed by atoms with E-state index in [1.54, 1.807) is 38.5 Å². The lowest BCUT2D eigenvalue weighted by molar-refractivity contribution is -0.128. The Morgan fingerprint density at radius 1 is 0.966 bits per heavy atom. The van der Waals surface area contributed by atoms with Gasteiger partial charge in [0.15, 0.2) is 11.5 Å². The molecule has 1 aliphatic heterocycles. The number of likely N-dealkylation sites (tertiary alicyclic amines) is 1. The van der Waals surface area contributed by atoms with Crippen LogP contribution in [0.5, 0.6) is 17.2 Å². The number of methoxy groups -OCH3 is 2. The van der Waals surface area contributed by atoms with Gasteiger partial charge < -0.3 is 19.1 Å². The van der Waals surface area contributed by atoms with Crippen LogP contribution in [0.2, 0.25) is 0 Å². The molecular weight excluding hydrogens is 386 g/mol. The van der Waals surface area contributed by atoms with Crippen molar-refractivity contribution < 1.29 is 19.0 Å². The SMILES string of the molecule is COc1ccc(C=CC(=O)Oc2ccccc2C(=S)N2CCCCC2)cc1OC. The first-order valence-corrected chi connectivity index (χ1v) is 10.0. The van der Waals surface area contributed by atoms with E-state index in [1.165, 1.54) is 12.5 Å². The van der Waals surface area contributed by atoms with Crippen LogP contribution in [0.15, 0.2) is 48.5 Å². The summed E-state index contributed by atoms with van der Waals surface area (Å²) in [5.41, 5.74) is 1.58. The molecule has 0 unspecified atom stereocenters. The number of esters is 1. The van der Waals surface area contributed by atoms with Crippen LogP contribution in [0.1, 0.15) is 30.4 Å². The molecule has 0 spiro atoms. The molecule has 0 aromatic heterocycles. The molecule has 0 amide bonds. The van der Waals surface area contributed by atoms with Gasteiger partial charge in [-0.1, -0.05) is 30.4 Å². The highest BCUT2D eigenvalue weighted by Gasteiger charge is 2.18. The summed E-state index contributed by atoms with van der Waals surface area (Å²) in [7, 11) is 3.15. The molecule has 5 nitrogen and oxygen atoms in total. The molecule has 29 heavy (non-hydrogen) atoms. The number of rotatable bonds is 6. The summed E-state index contributed by atoms with van der Waals surface area (Å²) in [5.74, 6) is 1.24. The van der Waals surface area contributed by atoms with Gasteiger partial charge >= 0.3 is 5.97 Å². The van der Waals surface area contributed by atoms with Crippen LogP contribution in [-0.4, -0.2) is 43.2 Å². The third kappa shape index (κ3) is 5.35. The van der Waals surface area contributed by atoms with Crippen molar-refractivity contribution in [2.45, 2.75) is 19.3 Å². The molecule has 2 aromatic rings. The number of para-hydroxylation sites is 1. The molecule has 1 fully saturated rings. The minimum absolute atomic E-state index is 0.464. The highest BCUT2D eigenvalue weighted by Crippen LogP contribution is 2.28. The molecule has 2 aromatic carbocycles. The number of ether oxygens (including phenoxy) is 3. The molecule has 0 radical (unpaired) electrons. The topological polar surface area (TPSA) is 48.0 Å². The minimum atomic E-state index is -0.464. The van der Waals surface area contributed by atoms with Crippen LogP contribution >= 0.6 is 12.2 Å². The van der Waals surface area contributed by atoms with Crippen LogP contribution in [-0.2, 0) is 4.79 Å². The standard InChI is InChI=1S/C23H25NO4S/c1-26-20-12-10-17(16-21(20)27-2)11-13-22(25)28-19-9-5-4-8-18(19)23(29)24-14-6-3-7-15-24/h4-5,8-13,16H,3,6-7,14-15H2,1-2H3. The fourth-order valence-electron chi connectivity index (χ4n) is 3.26. The van der Waals surface area contributed by atoms with Gasteiger partial charge in [0.05, 0.1) is 19.8 Å². The van der Waals surface area contributed by atoms with Crippen molar-refractivity contribution in [2.24, 2.45) is 0 Å². The molecule has 0 bridgehead atoms. The normalized spacial score (nSPS) is 13.9. The average molecular weight is 412 g/mol. The first-order valence-electron chi connectivity index (χ1n) is 9.62. The van der Waals surface area contributed by atoms with Crippen molar-refractivity contribution in [3.8, 4) is 17.2 Å². The number of carbonyl (C=O) groups is 1. The van der Waals surface area contributed by atoms with Crippen molar-refractivity contribution >= 4 is 29.3 Å². The summed E-state index contributed by atoms with van der Waals surface area (Å²) in [6.07, 6.45) is 6.57. The van der Waals surface area contributed by atoms with E-state index in [-0.39, 0.29) is 0 Å². The predicted molar refractivity (Wildman–Crippen MR) is 118 cm³/mol. The lowest BCUT2D eigenvalue weighted by Gasteiger charge is -2.29. The van der Waals surface area contributed by atoms with Crippen molar-refractivity contribution in [1.82, 2.24) is 4.90 Å². The Labute approximate surface area is 176 Å². The van der Waals surface area contributed by atoms with E-state index in [0.717, 1.165) is 42.0 Å². The largest absolute Gasteiger partial charge is 0.493 e. The van der Waals surface area contributed by atoms with E-state index in [1.807, 2.05) is 24.3 Å². The van der Waals surface area contributed by atoms with E-state index in [0.29, 0.717) is 17.2 Å². The van der Waals surface area contributed by atoms with Crippen LogP contribution in [0.3, 0.4) is 0 Å². The Bertz CT molecular complexity index is 904. The summed E-state index contributed by atoms with van der Waals surface area (Å²) in [6, 6.07) is 12.8. The Morgan fingerprint density at radius 3 is 2.41 bits per heavy atom. The molecule has 0 saturated carbocycles. The Morgan fingerprint density at radius 2 is 1.69 bits per heavy atom. The van der Waals surface area contributed by atoms with Gasteiger partial charge in [-0.05, 0) is 55.2 Å². The zero-order valence-corrected chi connectivity index (χ0v) is 17.5. The van der Waals surface area contributed by atoms with Gasteiger partial charge in [-0.15, -0.1) is 0 Å². The van der Waals surface area contributed by atoms with Crippen LogP contribution in [0.25, 0.3) is 6.08 Å². The van der Waals surface area contributed by atoms with Gasteiger partial charge in [0, 0.05) is 19.2 Å². The summed E-state index contributed by atoms with van der Waals surface area (Å²) in [4.78, 5) is 15.3. The van der Waals surface area contributed by atoms with Crippen molar-refractivity contribution in [1.29, 1.82) is 0 Å². The fourth-order valence-corrected chi connectivity index (χ4v) is 3.61. The Hall–Kier alpha value is -2.86. The van der Waals surface area contributed by atoms with E-state index < -0.39 is 5.97 Å². The molecule has 6 heteroatoms. The fraction of sp³-hybridized carbons (Fsp3) is 0.304. The lowest BCUT2D eigenvalue weighted by Crippen LogP contribution is -2.35. The number of piperidine rings is 1. The zero-order chi connectivity index (χ0) is 20.6. The maximum absolute atomic E-state index is 12.4. The van der Waals surface area contributed by atoms with Gasteiger partial charge in [0.2, 0.25) is 0 Å². The van der Waals surface area contributed by atoms with Crippen LogP contribution in [0.4, 0.5) is 0 Å². The maximum atomic E-state index is 12.4. The van der Waals surface area contributed by atoms with Gasteiger partial charge in [0.1, 0.15) is 10.7 Å². The summed E-state index contributed by atoms with van der Waals surface area (Å²) in [6.45, 7) is 1.89. The average Bonchev–Trinajstić information content (AvgIpc) is 2.78. The second kappa shape index (κ2) is 10.1. The maximum Gasteiger partial charge on any atom is 0.336 e. The van der Waals surface area contributed by atoms with Gasteiger partial charge in [-0.3, -0.25) is 0 Å². The highest BCUT2D eigenvalue weighted by atomic mass is 32.1. The minimum Gasteiger partial charge on any atom is -0.493 e. The quantitative estimate of drug-likeness (QED) is 0.302. The second-order valence-electron chi connectivity index (χ2n) is 6.72. The zero-order valence-electron chi connectivity index (χ0n) is 16.7. The summed E-state index contributed by atoms with van der Waals surface area (Å²) in [5, 5.41) is 0. The smallest absolute Gasteiger partial charge is 0.336 e. The molecule has 0 atom stereocenters. The monoisotopic (exact) mass is 411 g/mol. The van der Waals surface area contributed by atoms with Crippen molar-refractivity contribution in [3.63, 3.8) is 0 Å². The molecule has 152 valence electrons. The van der Waals surface area contributed by atoms with E-state index in [2.05, 4.69) is 4.90 Å². The molecule has 0 aliphatic carbocycles. The summed E-state index contributed by atoms with van der Waals surface area (Å²) < 4.78 is 16.1. The van der Waals surface area contributed by atoms with Gasteiger partial charge in [-0.2, -0.15) is 0 Å². The van der Waals surface area contributed by atoms with Gasteiger partial charge in [0.25, 0.3) is 0 Å². The van der Waals surface area contributed by atoms with E-state index in [9.17, 15) is 4.79 Å². The van der Waals surface area contributed by atoms with E-state index in [4.69, 9.17) is 26.4 Å². The highest BCUT2D eigenvalue weighted by molar-refractivity contribution is 7.80. The first kappa shape index (κ1) is 20.9. The number of nitrogens with zero attached hydrogens (tertiary/aromatic N) is 1. The second-order valence-corrected chi connectivity index (χ2v) is 7.10. The number of hydrogen-bond donors (Lipinski definition) is 0. The Kier molecular flexibility index (Phi) is 7.25. The lowest BCUT2D eigenvalue weighted by atomic mass is 10.1. The molecule has 1 aliphatic rings. The Balaban J connectivity index is 1.71. The summed E-state index contributed by atoms with van der Waals surface area (Å²) >= 11 is 5.66. The number of thiocarbonyl (C=S) groups is 1. The van der Waals surface area contributed by atoms with Crippen LogP contribution in [0, 0.1) is 0 Å². The first-order chi connectivity index (χ1) is 14.1. The molecule has 1 saturated heterocycles. The number of carbonyl (C=O) groups excluding carboxylic acids is 1. The molecule has 0 N–H and O–H groups in total. The number of benzene rings is 2. The molecule has 1 heterocycles. The molecular formula is C23H25NO4S. The molecule has 3 rings (SSSR count). The van der Waals surface area contributed by atoms with Crippen molar-refractivity contribution in [2.75, 3.05) is 27.3 Å². The van der Waals surface area contributed by atoms with Crippen LogP contribution < -0.4 is 14.2 Å². The third-order valence-corrected chi connectivity index (χ3v) is 5.27. The van der Waals surface area contributed by atoms with Crippen molar-refractivity contribution in [3.05, 3.63) is 59.7 Å². The third-order valence-electron chi connectivity index (χ3n) is 4.79. The van der Waals surface area contributed by atoms with E-state index >= 15 is 0 Å². The van der Waals surface area contributed by atoms with Gasteiger partial charge in [-0.25, -0.2) is 4.79 Å².